The van der Waals surface area contributed by atoms with Gasteiger partial charge in [0, 0.05) is 11.1 Å². The summed E-state index contributed by atoms with van der Waals surface area (Å²) in [6, 6.07) is 1.18. The number of benzene rings is 1. The number of alkyl halides is 2. The van der Waals surface area contributed by atoms with E-state index in [0.717, 1.165) is 6.92 Å². The van der Waals surface area contributed by atoms with Crippen LogP contribution in [0.15, 0.2) is 12.1 Å². The maximum Gasteiger partial charge on any atom is 0.264 e. The van der Waals surface area contributed by atoms with Gasteiger partial charge in [0.2, 0.25) is 0 Å². The predicted molar refractivity (Wildman–Crippen MR) is 43.0 cm³/mol. The van der Waals surface area contributed by atoms with E-state index in [1.54, 1.807) is 0 Å². The van der Waals surface area contributed by atoms with Crippen molar-refractivity contribution in [3.05, 3.63) is 29.1 Å². The van der Waals surface area contributed by atoms with Gasteiger partial charge < -0.3 is 5.11 Å². The summed E-state index contributed by atoms with van der Waals surface area (Å²) < 4.78 is 37.4. The Balaban J connectivity index is 3.39. The molecule has 14 heavy (non-hydrogen) atoms. The third-order valence-corrected chi connectivity index (χ3v) is 1.73. The molecule has 0 amide bonds. The van der Waals surface area contributed by atoms with Crippen molar-refractivity contribution in [3.63, 3.8) is 0 Å². The maximum atomic E-state index is 12.7. The fourth-order valence-corrected chi connectivity index (χ4v) is 1.06. The first-order valence-corrected chi connectivity index (χ1v) is 3.75. The van der Waals surface area contributed by atoms with Gasteiger partial charge in [-0.25, -0.2) is 13.2 Å². The molecule has 0 atom stereocenters. The Bertz CT molecular complexity index is 375. The SMILES string of the molecule is CC(=O)c1cc(F)c(O)cc1C(F)F. The molecule has 0 aromatic heterocycles. The van der Waals surface area contributed by atoms with Crippen LogP contribution in [0.5, 0.6) is 5.75 Å². The summed E-state index contributed by atoms with van der Waals surface area (Å²) in [4.78, 5) is 10.9. The number of aromatic hydroxyl groups is 1. The Morgan fingerprint density at radius 1 is 1.43 bits per heavy atom. The fraction of sp³-hybridized carbons (Fsp3) is 0.222. The molecule has 1 aromatic carbocycles. The average Bonchev–Trinajstić information content (AvgIpc) is 2.08. The molecule has 0 saturated heterocycles. The van der Waals surface area contributed by atoms with Crippen molar-refractivity contribution in [2.24, 2.45) is 0 Å². The van der Waals surface area contributed by atoms with Gasteiger partial charge in [0.25, 0.3) is 6.43 Å². The molecule has 0 saturated carbocycles. The van der Waals surface area contributed by atoms with Crippen molar-refractivity contribution < 1.29 is 23.1 Å². The van der Waals surface area contributed by atoms with Gasteiger partial charge in [-0.2, -0.15) is 0 Å². The van der Waals surface area contributed by atoms with E-state index in [0.29, 0.717) is 12.1 Å². The largest absolute Gasteiger partial charge is 0.505 e. The summed E-state index contributed by atoms with van der Waals surface area (Å²) in [5.41, 5.74) is -1.06. The molecule has 2 nitrogen and oxygen atoms in total. The van der Waals surface area contributed by atoms with Crippen molar-refractivity contribution >= 4 is 5.78 Å². The zero-order valence-corrected chi connectivity index (χ0v) is 7.22. The number of Topliss-reactive ketones (excluding diaryl/α,β-unsaturated/α-hetero) is 1. The zero-order valence-electron chi connectivity index (χ0n) is 7.22. The summed E-state index contributed by atoms with van der Waals surface area (Å²) in [6.45, 7) is 1.05. The Labute approximate surface area is 78.0 Å². The maximum absolute atomic E-state index is 12.7. The Kier molecular flexibility index (Phi) is 2.78. The Hall–Kier alpha value is -1.52. The number of phenolic OH excluding ortho intramolecular Hbond substituents is 1. The van der Waals surface area contributed by atoms with E-state index in [-0.39, 0.29) is 0 Å². The van der Waals surface area contributed by atoms with Crippen LogP contribution in [0.3, 0.4) is 0 Å². The van der Waals surface area contributed by atoms with E-state index in [9.17, 15) is 18.0 Å². The zero-order chi connectivity index (χ0) is 10.9. The van der Waals surface area contributed by atoms with Crippen molar-refractivity contribution in [3.8, 4) is 5.75 Å². The highest BCUT2D eigenvalue weighted by Crippen LogP contribution is 2.29. The standard InChI is InChI=1S/C9H7F3O2/c1-4(13)5-2-7(10)8(14)3-6(5)9(11)12/h2-3,9,14H,1H3. The summed E-state index contributed by atoms with van der Waals surface area (Å²) in [6.07, 6.45) is -2.92. The van der Waals surface area contributed by atoms with Gasteiger partial charge in [0.1, 0.15) is 0 Å². The van der Waals surface area contributed by atoms with Crippen LogP contribution in [0.4, 0.5) is 13.2 Å². The van der Waals surface area contributed by atoms with E-state index in [1.807, 2.05) is 0 Å². The second-order valence-corrected chi connectivity index (χ2v) is 2.75. The highest BCUT2D eigenvalue weighted by Gasteiger charge is 2.19. The van der Waals surface area contributed by atoms with Crippen LogP contribution in [0.1, 0.15) is 29.3 Å². The summed E-state index contributed by atoms with van der Waals surface area (Å²) >= 11 is 0. The van der Waals surface area contributed by atoms with Gasteiger partial charge in [0.05, 0.1) is 0 Å². The lowest BCUT2D eigenvalue weighted by molar-refractivity contribution is 0.0998. The molecule has 0 spiro atoms. The third-order valence-electron chi connectivity index (χ3n) is 1.73. The number of hydrogen-bond acceptors (Lipinski definition) is 2. The van der Waals surface area contributed by atoms with Crippen molar-refractivity contribution in [2.45, 2.75) is 13.3 Å². The van der Waals surface area contributed by atoms with Crippen LogP contribution < -0.4 is 0 Å². The van der Waals surface area contributed by atoms with Crippen LogP contribution in [0.2, 0.25) is 0 Å². The molecule has 0 aliphatic rings. The van der Waals surface area contributed by atoms with Gasteiger partial charge in [-0.1, -0.05) is 0 Å². The molecule has 0 aliphatic carbocycles. The fourth-order valence-electron chi connectivity index (χ4n) is 1.06. The minimum atomic E-state index is -2.92. The number of carbonyl (C=O) groups is 1. The van der Waals surface area contributed by atoms with E-state index in [2.05, 4.69) is 0 Å². The number of rotatable bonds is 2. The quantitative estimate of drug-likeness (QED) is 0.752. The average molecular weight is 204 g/mol. The van der Waals surface area contributed by atoms with Gasteiger partial charge >= 0.3 is 0 Å². The third kappa shape index (κ3) is 1.86. The lowest BCUT2D eigenvalue weighted by Gasteiger charge is -2.06. The molecule has 5 heteroatoms. The van der Waals surface area contributed by atoms with E-state index < -0.39 is 34.9 Å². The first-order chi connectivity index (χ1) is 6.43. The smallest absolute Gasteiger partial charge is 0.264 e. The monoisotopic (exact) mass is 204 g/mol. The van der Waals surface area contributed by atoms with Gasteiger partial charge in [-0.05, 0) is 19.1 Å². The number of ketones is 1. The predicted octanol–water partition coefficient (Wildman–Crippen LogP) is 2.67. The van der Waals surface area contributed by atoms with Crippen LogP contribution in [0, 0.1) is 5.82 Å². The number of carbonyl (C=O) groups excluding carboxylic acids is 1. The van der Waals surface area contributed by atoms with Crippen LogP contribution in [-0.4, -0.2) is 10.9 Å². The number of hydrogen-bond donors (Lipinski definition) is 1. The van der Waals surface area contributed by atoms with E-state index in [1.165, 1.54) is 0 Å². The molecule has 0 radical (unpaired) electrons. The number of halogens is 3. The van der Waals surface area contributed by atoms with Crippen LogP contribution in [-0.2, 0) is 0 Å². The van der Waals surface area contributed by atoms with E-state index >= 15 is 0 Å². The lowest BCUT2D eigenvalue weighted by atomic mass is 10.0. The number of phenols is 1. The van der Waals surface area contributed by atoms with Gasteiger partial charge in [0.15, 0.2) is 17.3 Å². The minimum absolute atomic E-state index is 0.407. The highest BCUT2D eigenvalue weighted by atomic mass is 19.3. The van der Waals surface area contributed by atoms with Crippen molar-refractivity contribution in [1.82, 2.24) is 0 Å². The normalized spacial score (nSPS) is 10.6. The summed E-state index contributed by atoms with van der Waals surface area (Å²) in [5, 5.41) is 8.84. The second-order valence-electron chi connectivity index (χ2n) is 2.75. The molecule has 0 fully saturated rings. The Morgan fingerprint density at radius 2 is 2.00 bits per heavy atom. The molecular weight excluding hydrogens is 197 g/mol. The first-order valence-electron chi connectivity index (χ1n) is 3.75. The van der Waals surface area contributed by atoms with Crippen molar-refractivity contribution in [1.29, 1.82) is 0 Å². The summed E-state index contributed by atoms with van der Waals surface area (Å²) in [7, 11) is 0. The molecule has 1 aromatic rings. The molecule has 0 heterocycles. The molecule has 0 bridgehead atoms. The minimum Gasteiger partial charge on any atom is -0.505 e. The topological polar surface area (TPSA) is 37.3 Å². The molecule has 0 unspecified atom stereocenters. The summed E-state index contributed by atoms with van der Waals surface area (Å²) in [5.74, 6) is -2.64. The molecule has 0 aliphatic heterocycles. The molecular formula is C9H7F3O2. The Morgan fingerprint density at radius 3 is 2.43 bits per heavy atom. The molecule has 76 valence electrons. The van der Waals surface area contributed by atoms with Gasteiger partial charge in [-0.3, -0.25) is 4.79 Å². The van der Waals surface area contributed by atoms with Crippen LogP contribution >= 0.6 is 0 Å². The van der Waals surface area contributed by atoms with Crippen LogP contribution in [0.25, 0.3) is 0 Å². The molecule has 1 rings (SSSR count). The highest BCUT2D eigenvalue weighted by molar-refractivity contribution is 5.95. The van der Waals surface area contributed by atoms with E-state index in [4.69, 9.17) is 5.11 Å². The molecule has 1 N–H and O–H groups in total. The lowest BCUT2D eigenvalue weighted by Crippen LogP contribution is -2.01. The van der Waals surface area contributed by atoms with Gasteiger partial charge in [-0.15, -0.1) is 0 Å². The first kappa shape index (κ1) is 10.6. The second kappa shape index (κ2) is 3.69. The van der Waals surface area contributed by atoms with Crippen molar-refractivity contribution in [2.75, 3.05) is 0 Å².